The standard InChI is InChI=1S/C18H18N2O/c1-13-6-5-9-15(10-13)20-11-16-17(12-20)21-19-18(16)14-7-3-2-4-8-14/h2-10,16-17H,11-12H2,1H3. The molecule has 1 fully saturated rings. The molecule has 2 aliphatic heterocycles. The van der Waals surface area contributed by atoms with E-state index in [-0.39, 0.29) is 6.10 Å². The van der Waals surface area contributed by atoms with E-state index in [9.17, 15) is 0 Å². The first kappa shape index (κ1) is 12.5. The van der Waals surface area contributed by atoms with E-state index in [1.807, 2.05) is 6.07 Å². The summed E-state index contributed by atoms with van der Waals surface area (Å²) in [4.78, 5) is 8.07. The number of rotatable bonds is 2. The van der Waals surface area contributed by atoms with Crippen LogP contribution < -0.4 is 4.90 Å². The second kappa shape index (κ2) is 4.92. The molecule has 2 atom stereocenters. The fraction of sp³-hybridized carbons (Fsp3) is 0.278. The molecule has 1 saturated heterocycles. The predicted molar refractivity (Wildman–Crippen MR) is 84.7 cm³/mol. The van der Waals surface area contributed by atoms with Crippen LogP contribution in [0, 0.1) is 12.8 Å². The Morgan fingerprint density at radius 3 is 2.71 bits per heavy atom. The van der Waals surface area contributed by atoms with Gasteiger partial charge in [0.15, 0.2) is 6.10 Å². The molecule has 0 bridgehead atoms. The maximum Gasteiger partial charge on any atom is 0.155 e. The summed E-state index contributed by atoms with van der Waals surface area (Å²) in [5.74, 6) is 0.368. The van der Waals surface area contributed by atoms with Gasteiger partial charge in [0.1, 0.15) is 0 Å². The quantitative estimate of drug-likeness (QED) is 0.842. The van der Waals surface area contributed by atoms with Gasteiger partial charge in [-0.15, -0.1) is 0 Å². The molecule has 2 unspecified atom stereocenters. The van der Waals surface area contributed by atoms with Crippen LogP contribution in [0.3, 0.4) is 0 Å². The van der Waals surface area contributed by atoms with Gasteiger partial charge in [-0.3, -0.25) is 0 Å². The summed E-state index contributed by atoms with van der Waals surface area (Å²) in [6.45, 7) is 4.02. The number of benzene rings is 2. The third kappa shape index (κ3) is 2.19. The maximum atomic E-state index is 5.67. The van der Waals surface area contributed by atoms with E-state index in [0.717, 1.165) is 18.8 Å². The number of aryl methyl sites for hydroxylation is 1. The lowest BCUT2D eigenvalue weighted by molar-refractivity contribution is 0.0854. The average Bonchev–Trinajstić information content (AvgIpc) is 3.08. The third-order valence-corrected chi connectivity index (χ3v) is 4.34. The van der Waals surface area contributed by atoms with Crippen LogP contribution in [-0.2, 0) is 4.84 Å². The zero-order valence-electron chi connectivity index (χ0n) is 12.1. The first-order valence-electron chi connectivity index (χ1n) is 7.42. The number of nitrogens with zero attached hydrogens (tertiary/aromatic N) is 2. The number of anilines is 1. The number of oxime groups is 1. The van der Waals surface area contributed by atoms with E-state index in [4.69, 9.17) is 4.84 Å². The molecule has 0 saturated carbocycles. The Hall–Kier alpha value is -2.29. The van der Waals surface area contributed by atoms with E-state index in [1.54, 1.807) is 0 Å². The van der Waals surface area contributed by atoms with Crippen LogP contribution in [-0.4, -0.2) is 24.9 Å². The van der Waals surface area contributed by atoms with Crippen molar-refractivity contribution in [1.29, 1.82) is 0 Å². The van der Waals surface area contributed by atoms with E-state index >= 15 is 0 Å². The molecule has 3 heteroatoms. The monoisotopic (exact) mass is 278 g/mol. The predicted octanol–water partition coefficient (Wildman–Crippen LogP) is 3.23. The summed E-state index contributed by atoms with van der Waals surface area (Å²) in [5.41, 5.74) is 4.84. The molecule has 0 spiro atoms. The van der Waals surface area contributed by atoms with Gasteiger partial charge in [0, 0.05) is 12.2 Å². The van der Waals surface area contributed by atoms with Crippen molar-refractivity contribution in [2.45, 2.75) is 13.0 Å². The van der Waals surface area contributed by atoms with Crippen LogP contribution in [0.2, 0.25) is 0 Å². The molecule has 0 amide bonds. The Bertz CT molecular complexity index is 681. The zero-order valence-corrected chi connectivity index (χ0v) is 12.1. The van der Waals surface area contributed by atoms with Crippen molar-refractivity contribution in [3.63, 3.8) is 0 Å². The fourth-order valence-electron chi connectivity index (χ4n) is 3.25. The van der Waals surface area contributed by atoms with Crippen LogP contribution >= 0.6 is 0 Å². The summed E-state index contributed by atoms with van der Waals surface area (Å²) in [7, 11) is 0. The molecule has 4 rings (SSSR count). The Labute approximate surface area is 124 Å². The molecule has 0 radical (unpaired) electrons. The van der Waals surface area contributed by atoms with E-state index < -0.39 is 0 Å². The van der Waals surface area contributed by atoms with E-state index in [0.29, 0.717) is 5.92 Å². The first-order chi connectivity index (χ1) is 10.3. The summed E-state index contributed by atoms with van der Waals surface area (Å²) in [6, 6.07) is 19.0. The smallest absolute Gasteiger partial charge is 0.155 e. The lowest BCUT2D eigenvalue weighted by Gasteiger charge is -2.19. The molecule has 2 aliphatic rings. The van der Waals surface area contributed by atoms with Gasteiger partial charge in [0.05, 0.1) is 18.2 Å². The van der Waals surface area contributed by atoms with Crippen LogP contribution in [0.4, 0.5) is 5.69 Å². The van der Waals surface area contributed by atoms with Gasteiger partial charge in [-0.05, 0) is 30.2 Å². The summed E-state index contributed by atoms with van der Waals surface area (Å²) in [6.07, 6.45) is 0.181. The van der Waals surface area contributed by atoms with Crippen LogP contribution in [0.15, 0.2) is 59.8 Å². The highest BCUT2D eigenvalue weighted by Gasteiger charge is 2.42. The highest BCUT2D eigenvalue weighted by atomic mass is 16.6. The Morgan fingerprint density at radius 1 is 1.05 bits per heavy atom. The van der Waals surface area contributed by atoms with Gasteiger partial charge in [0.2, 0.25) is 0 Å². The molecule has 2 aromatic carbocycles. The highest BCUT2D eigenvalue weighted by molar-refractivity contribution is 6.03. The number of hydrogen-bond acceptors (Lipinski definition) is 3. The van der Waals surface area contributed by atoms with Gasteiger partial charge in [0.25, 0.3) is 0 Å². The van der Waals surface area contributed by atoms with Crippen molar-refractivity contribution in [3.8, 4) is 0 Å². The van der Waals surface area contributed by atoms with Crippen molar-refractivity contribution in [2.75, 3.05) is 18.0 Å². The summed E-state index contributed by atoms with van der Waals surface area (Å²) < 4.78 is 0. The minimum atomic E-state index is 0.181. The largest absolute Gasteiger partial charge is 0.390 e. The normalized spacial score (nSPS) is 23.7. The van der Waals surface area contributed by atoms with Crippen molar-refractivity contribution in [3.05, 3.63) is 65.7 Å². The van der Waals surface area contributed by atoms with E-state index in [1.165, 1.54) is 16.8 Å². The van der Waals surface area contributed by atoms with E-state index in [2.05, 4.69) is 65.5 Å². The Morgan fingerprint density at radius 2 is 1.90 bits per heavy atom. The van der Waals surface area contributed by atoms with Crippen molar-refractivity contribution in [1.82, 2.24) is 0 Å². The highest BCUT2D eigenvalue weighted by Crippen LogP contribution is 2.33. The van der Waals surface area contributed by atoms with Crippen molar-refractivity contribution >= 4 is 11.4 Å². The topological polar surface area (TPSA) is 24.8 Å². The maximum absolute atomic E-state index is 5.67. The Balaban J connectivity index is 1.58. The molecule has 0 aromatic heterocycles. The van der Waals surface area contributed by atoms with Gasteiger partial charge in [-0.1, -0.05) is 47.6 Å². The molecule has 2 aromatic rings. The third-order valence-electron chi connectivity index (χ3n) is 4.34. The molecule has 21 heavy (non-hydrogen) atoms. The number of fused-ring (bicyclic) bond motifs is 1. The molecular formula is C18H18N2O. The number of hydrogen-bond donors (Lipinski definition) is 0. The first-order valence-corrected chi connectivity index (χ1v) is 7.42. The molecule has 2 heterocycles. The molecule has 3 nitrogen and oxygen atoms in total. The van der Waals surface area contributed by atoms with Gasteiger partial charge in [-0.2, -0.15) is 0 Å². The van der Waals surface area contributed by atoms with Crippen LogP contribution in [0.1, 0.15) is 11.1 Å². The van der Waals surface area contributed by atoms with Crippen molar-refractivity contribution < 1.29 is 4.84 Å². The second-order valence-electron chi connectivity index (χ2n) is 5.84. The minimum Gasteiger partial charge on any atom is -0.390 e. The summed E-state index contributed by atoms with van der Waals surface area (Å²) >= 11 is 0. The van der Waals surface area contributed by atoms with Gasteiger partial charge in [-0.25, -0.2) is 0 Å². The molecule has 0 aliphatic carbocycles. The van der Waals surface area contributed by atoms with Crippen LogP contribution in [0.5, 0.6) is 0 Å². The lowest BCUT2D eigenvalue weighted by atomic mass is 9.95. The van der Waals surface area contributed by atoms with Gasteiger partial charge < -0.3 is 9.74 Å². The SMILES string of the molecule is Cc1cccc(N2CC3ON=C(c4ccccc4)C3C2)c1. The molecule has 0 N–H and O–H groups in total. The molecular weight excluding hydrogens is 260 g/mol. The van der Waals surface area contributed by atoms with Crippen LogP contribution in [0.25, 0.3) is 0 Å². The Kier molecular flexibility index (Phi) is 2.92. The molecule has 106 valence electrons. The van der Waals surface area contributed by atoms with Gasteiger partial charge >= 0.3 is 0 Å². The fourth-order valence-corrected chi connectivity index (χ4v) is 3.25. The second-order valence-corrected chi connectivity index (χ2v) is 5.84. The lowest BCUT2D eigenvalue weighted by Crippen LogP contribution is -2.23. The summed E-state index contributed by atoms with van der Waals surface area (Å²) in [5, 5.41) is 4.33. The average molecular weight is 278 g/mol. The zero-order chi connectivity index (χ0) is 14.2. The van der Waals surface area contributed by atoms with Crippen molar-refractivity contribution in [2.24, 2.45) is 11.1 Å². The minimum absolute atomic E-state index is 0.181.